The summed E-state index contributed by atoms with van der Waals surface area (Å²) < 4.78 is 177. The topological polar surface area (TPSA) is 9.23 Å². The zero-order chi connectivity index (χ0) is 32.3. The second-order valence-electron chi connectivity index (χ2n) is 9.81. The van der Waals surface area contributed by atoms with Crippen LogP contribution in [0.15, 0.2) is 54.6 Å². The average molecular weight is 632 g/mol. The van der Waals surface area contributed by atoms with Crippen molar-refractivity contribution in [2.45, 2.75) is 32.1 Å². The van der Waals surface area contributed by atoms with Crippen molar-refractivity contribution in [3.63, 3.8) is 0 Å². The minimum Gasteiger partial charge on any atom is -0.426 e. The molecular formula is C31H16F12O. The molecule has 0 amide bonds. The molecule has 0 aromatic heterocycles. The zero-order valence-electron chi connectivity index (χ0n) is 22.1. The molecule has 44 heavy (non-hydrogen) atoms. The van der Waals surface area contributed by atoms with Gasteiger partial charge in [0.05, 0.1) is 16.3 Å². The first-order valence-corrected chi connectivity index (χ1v) is 12.7. The van der Waals surface area contributed by atoms with Crippen molar-refractivity contribution in [2.75, 3.05) is 0 Å². The van der Waals surface area contributed by atoms with Gasteiger partial charge in [-0.05, 0) is 64.7 Å². The Kier molecular flexibility index (Phi) is 7.71. The Morgan fingerprint density at radius 2 is 1.32 bits per heavy atom. The van der Waals surface area contributed by atoms with Gasteiger partial charge in [-0.3, -0.25) is 0 Å². The summed E-state index contributed by atoms with van der Waals surface area (Å²) in [5, 5.41) is -3.63. The van der Waals surface area contributed by atoms with E-state index in [4.69, 9.17) is 0 Å². The molecule has 0 radical (unpaired) electrons. The third-order valence-electron chi connectivity index (χ3n) is 6.89. The molecule has 0 fully saturated rings. The number of alkyl halides is 5. The second-order valence-corrected chi connectivity index (χ2v) is 9.81. The first-order chi connectivity index (χ1) is 20.5. The number of hydrogen-bond acceptors (Lipinski definition) is 1. The highest BCUT2D eigenvalue weighted by Crippen LogP contribution is 2.42. The third kappa shape index (κ3) is 5.28. The molecule has 0 aliphatic heterocycles. The van der Waals surface area contributed by atoms with Crippen LogP contribution in [0.2, 0.25) is 0 Å². The Hall–Kier alpha value is -4.42. The van der Waals surface area contributed by atoms with Crippen LogP contribution in [0, 0.1) is 40.7 Å². The fourth-order valence-corrected chi connectivity index (χ4v) is 4.91. The van der Waals surface area contributed by atoms with Crippen LogP contribution in [0.3, 0.4) is 0 Å². The van der Waals surface area contributed by atoms with E-state index in [0.717, 1.165) is 30.3 Å². The van der Waals surface area contributed by atoms with E-state index >= 15 is 8.78 Å². The molecule has 1 nitrogen and oxygen atoms in total. The number of aryl methyl sites for hydroxylation is 1. The average Bonchev–Trinajstić information content (AvgIpc) is 2.90. The van der Waals surface area contributed by atoms with E-state index in [2.05, 4.69) is 4.74 Å². The summed E-state index contributed by atoms with van der Waals surface area (Å²) in [5.41, 5.74) is -4.41. The molecule has 13 heteroatoms. The minimum absolute atomic E-state index is 0.178. The number of rotatable bonds is 6. The molecule has 0 spiro atoms. The van der Waals surface area contributed by atoms with Crippen molar-refractivity contribution in [1.82, 2.24) is 0 Å². The summed E-state index contributed by atoms with van der Waals surface area (Å²) in [5.74, 6) is -14.4. The summed E-state index contributed by atoms with van der Waals surface area (Å²) >= 11 is 0. The highest BCUT2D eigenvalue weighted by molar-refractivity contribution is 5.93. The lowest BCUT2D eigenvalue weighted by Crippen LogP contribution is -2.24. The zero-order valence-corrected chi connectivity index (χ0v) is 22.1. The third-order valence-corrected chi connectivity index (χ3v) is 6.89. The molecular weight excluding hydrogens is 616 g/mol. The number of benzene rings is 5. The van der Waals surface area contributed by atoms with Gasteiger partial charge in [-0.25, -0.2) is 26.3 Å². The van der Waals surface area contributed by atoms with E-state index in [0.29, 0.717) is 30.5 Å². The van der Waals surface area contributed by atoms with Gasteiger partial charge in [0.2, 0.25) is 5.82 Å². The van der Waals surface area contributed by atoms with E-state index in [1.165, 1.54) is 6.07 Å². The minimum atomic E-state index is -5.50. The van der Waals surface area contributed by atoms with Gasteiger partial charge in [-0.1, -0.05) is 31.5 Å². The largest absolute Gasteiger partial charge is 0.429 e. The van der Waals surface area contributed by atoms with Crippen molar-refractivity contribution < 1.29 is 57.4 Å². The van der Waals surface area contributed by atoms with Crippen LogP contribution in [-0.2, 0) is 18.7 Å². The fraction of sp³-hybridized carbons (Fsp3) is 0.161. The predicted molar refractivity (Wildman–Crippen MR) is 137 cm³/mol. The SMILES string of the molecule is CCCc1ccc(C(F)(F)Oc2cc3ccc(-c4cc(F)c5c(F)c(C(F)(F)F)c(F)cc5c4)c(F)c3c(F)c2F)c(F)c1. The lowest BCUT2D eigenvalue weighted by Gasteiger charge is -2.20. The molecule has 230 valence electrons. The van der Waals surface area contributed by atoms with E-state index in [9.17, 15) is 43.9 Å². The first kappa shape index (κ1) is 31.0. The normalized spacial score (nSPS) is 12.4. The predicted octanol–water partition coefficient (Wildman–Crippen LogP) is 10.7. The van der Waals surface area contributed by atoms with Crippen molar-refractivity contribution in [3.8, 4) is 16.9 Å². The van der Waals surface area contributed by atoms with Gasteiger partial charge in [-0.15, -0.1) is 0 Å². The van der Waals surface area contributed by atoms with Crippen molar-refractivity contribution in [2.24, 2.45) is 0 Å². The van der Waals surface area contributed by atoms with Crippen LogP contribution in [0.25, 0.3) is 32.7 Å². The molecule has 0 saturated heterocycles. The maximum absolute atomic E-state index is 15.5. The van der Waals surface area contributed by atoms with Crippen molar-refractivity contribution in [1.29, 1.82) is 0 Å². The van der Waals surface area contributed by atoms with Crippen molar-refractivity contribution >= 4 is 21.5 Å². The van der Waals surface area contributed by atoms with Crippen LogP contribution in [0.5, 0.6) is 5.75 Å². The second kappa shape index (κ2) is 10.9. The van der Waals surface area contributed by atoms with Gasteiger partial charge in [0, 0.05) is 5.56 Å². The molecule has 0 aliphatic carbocycles. The van der Waals surface area contributed by atoms with Crippen LogP contribution in [-0.4, -0.2) is 0 Å². The quantitative estimate of drug-likeness (QED) is 0.169. The highest BCUT2D eigenvalue weighted by Gasteiger charge is 2.40. The molecule has 0 heterocycles. The summed E-state index contributed by atoms with van der Waals surface area (Å²) in [4.78, 5) is 0. The van der Waals surface area contributed by atoms with Crippen LogP contribution in [0.1, 0.15) is 30.0 Å². The maximum Gasteiger partial charge on any atom is 0.429 e. The first-order valence-electron chi connectivity index (χ1n) is 12.7. The molecule has 0 unspecified atom stereocenters. The summed E-state index contributed by atoms with van der Waals surface area (Å²) in [6.07, 6.45) is -9.01. The summed E-state index contributed by atoms with van der Waals surface area (Å²) in [6, 6.07) is 6.37. The van der Waals surface area contributed by atoms with Gasteiger partial charge >= 0.3 is 12.3 Å². The Morgan fingerprint density at radius 3 is 1.95 bits per heavy atom. The Bertz CT molecular complexity index is 1950. The van der Waals surface area contributed by atoms with E-state index in [1.54, 1.807) is 6.92 Å². The molecule has 0 N–H and O–H groups in total. The van der Waals surface area contributed by atoms with E-state index in [1.807, 2.05) is 0 Å². The smallest absolute Gasteiger partial charge is 0.426 e. The van der Waals surface area contributed by atoms with Gasteiger partial charge in [0.15, 0.2) is 11.6 Å². The van der Waals surface area contributed by atoms with E-state index < -0.39 is 103 Å². The van der Waals surface area contributed by atoms with Crippen LogP contribution < -0.4 is 4.74 Å². The Morgan fingerprint density at radius 1 is 0.614 bits per heavy atom. The number of fused-ring (bicyclic) bond motifs is 2. The molecule has 0 aliphatic rings. The molecule has 0 saturated carbocycles. The number of ether oxygens (including phenoxy) is 1. The molecule has 0 atom stereocenters. The Balaban J connectivity index is 1.58. The Labute approximate surface area is 240 Å². The van der Waals surface area contributed by atoms with Gasteiger partial charge in [0.1, 0.15) is 34.6 Å². The van der Waals surface area contributed by atoms with Gasteiger partial charge < -0.3 is 4.74 Å². The summed E-state index contributed by atoms with van der Waals surface area (Å²) in [7, 11) is 0. The van der Waals surface area contributed by atoms with Crippen LogP contribution >= 0.6 is 0 Å². The monoisotopic (exact) mass is 632 g/mol. The molecule has 0 bridgehead atoms. The molecule has 5 rings (SSSR count). The molecule has 5 aromatic carbocycles. The van der Waals surface area contributed by atoms with Gasteiger partial charge in [-0.2, -0.15) is 26.3 Å². The standard InChI is InChI=1S/C31H16F12O/c1-2-3-13-4-7-18(19(32)8-13)31(42,43)44-22-12-14-5-6-17(26(35)24(14)29(38)27(22)36)15-9-16-11-21(34)25(30(39,40)41)28(37)23(16)20(33)10-15/h4-12H,2-3H2,1H3. The number of hydrogen-bond donors (Lipinski definition) is 0. The van der Waals surface area contributed by atoms with Crippen LogP contribution in [0.4, 0.5) is 52.7 Å². The highest BCUT2D eigenvalue weighted by atomic mass is 19.4. The maximum atomic E-state index is 15.5. The lowest BCUT2D eigenvalue weighted by atomic mass is 9.96. The lowest BCUT2D eigenvalue weighted by molar-refractivity contribution is -0.189. The number of halogens is 12. The molecule has 5 aromatic rings. The summed E-state index contributed by atoms with van der Waals surface area (Å²) in [6.45, 7) is 1.78. The van der Waals surface area contributed by atoms with Gasteiger partial charge in [0.25, 0.3) is 0 Å². The van der Waals surface area contributed by atoms with Crippen molar-refractivity contribution in [3.05, 3.63) is 112 Å². The fourth-order valence-electron chi connectivity index (χ4n) is 4.91. The van der Waals surface area contributed by atoms with E-state index in [-0.39, 0.29) is 6.07 Å².